The van der Waals surface area contributed by atoms with Crippen LogP contribution in [0.3, 0.4) is 0 Å². The van der Waals surface area contributed by atoms with Gasteiger partial charge in [0.2, 0.25) is 5.91 Å². The van der Waals surface area contributed by atoms with E-state index in [1.165, 1.54) is 17.0 Å². The van der Waals surface area contributed by atoms with Crippen LogP contribution in [0.4, 0.5) is 0 Å². The van der Waals surface area contributed by atoms with Gasteiger partial charge in [0.1, 0.15) is 9.46 Å². The van der Waals surface area contributed by atoms with Crippen molar-refractivity contribution in [2.45, 2.75) is 16.4 Å². The highest BCUT2D eigenvalue weighted by atomic mass is 35.5. The molecule has 0 N–H and O–H groups in total. The SMILES string of the molecule is CCN1C(=O)C(c2ccccc2)S/C1=N/S(=O)(=O)c1ccc(Cl)s1. The molecule has 24 heavy (non-hydrogen) atoms. The monoisotopic (exact) mass is 400 g/mol. The molecule has 0 saturated carbocycles. The Morgan fingerprint density at radius 1 is 1.21 bits per heavy atom. The fourth-order valence-corrected chi connectivity index (χ4v) is 6.14. The van der Waals surface area contributed by atoms with Gasteiger partial charge in [0, 0.05) is 6.54 Å². The molecule has 1 amide bonds. The van der Waals surface area contributed by atoms with Gasteiger partial charge in [-0.2, -0.15) is 8.42 Å². The average molecular weight is 401 g/mol. The molecule has 126 valence electrons. The number of carbonyl (C=O) groups excluding carboxylic acids is 1. The fraction of sp³-hybridized carbons (Fsp3) is 0.200. The van der Waals surface area contributed by atoms with Gasteiger partial charge >= 0.3 is 0 Å². The Hall–Kier alpha value is -1.35. The van der Waals surface area contributed by atoms with E-state index >= 15 is 0 Å². The van der Waals surface area contributed by atoms with Gasteiger partial charge in [-0.15, -0.1) is 15.7 Å². The van der Waals surface area contributed by atoms with E-state index in [0.717, 1.165) is 28.7 Å². The van der Waals surface area contributed by atoms with Crippen LogP contribution in [0.5, 0.6) is 0 Å². The molecule has 9 heteroatoms. The maximum Gasteiger partial charge on any atom is 0.294 e. The van der Waals surface area contributed by atoms with Gasteiger partial charge in [-0.25, -0.2) is 0 Å². The molecular formula is C15H13ClN2O3S3. The number of thioether (sulfide) groups is 1. The molecule has 1 aromatic heterocycles. The highest BCUT2D eigenvalue weighted by Gasteiger charge is 2.39. The largest absolute Gasteiger partial charge is 0.294 e. The van der Waals surface area contributed by atoms with Gasteiger partial charge in [0.25, 0.3) is 10.0 Å². The minimum Gasteiger partial charge on any atom is -0.290 e. The number of hydrogen-bond acceptors (Lipinski definition) is 5. The van der Waals surface area contributed by atoms with Crippen LogP contribution in [0.15, 0.2) is 51.1 Å². The molecule has 1 aromatic carbocycles. The Balaban J connectivity index is 1.97. The summed E-state index contributed by atoms with van der Waals surface area (Å²) >= 11 is 7.90. The number of benzene rings is 1. The molecule has 1 unspecified atom stereocenters. The molecule has 1 aliphatic heterocycles. The number of nitrogens with zero attached hydrogens (tertiary/aromatic N) is 2. The minimum atomic E-state index is -3.89. The van der Waals surface area contributed by atoms with Crippen molar-refractivity contribution in [1.82, 2.24) is 4.90 Å². The Bertz CT molecular complexity index is 894. The molecule has 0 radical (unpaired) electrons. The maximum absolute atomic E-state index is 12.6. The molecule has 0 spiro atoms. The predicted molar refractivity (Wildman–Crippen MR) is 98.1 cm³/mol. The summed E-state index contributed by atoms with van der Waals surface area (Å²) in [5.41, 5.74) is 0.827. The number of hydrogen-bond donors (Lipinski definition) is 0. The maximum atomic E-state index is 12.6. The first kappa shape index (κ1) is 17.5. The van der Waals surface area contributed by atoms with Gasteiger partial charge in [-0.05, 0) is 24.6 Å². The van der Waals surface area contributed by atoms with Gasteiger partial charge in [-0.3, -0.25) is 9.69 Å². The Morgan fingerprint density at radius 3 is 2.50 bits per heavy atom. The lowest BCUT2D eigenvalue weighted by Crippen LogP contribution is -2.30. The summed E-state index contributed by atoms with van der Waals surface area (Å²) in [6.45, 7) is 2.14. The zero-order chi connectivity index (χ0) is 17.3. The number of rotatable bonds is 4. The summed E-state index contributed by atoms with van der Waals surface area (Å²) in [6.07, 6.45) is 0. The lowest BCUT2D eigenvalue weighted by atomic mass is 10.1. The van der Waals surface area contributed by atoms with E-state index < -0.39 is 15.3 Å². The summed E-state index contributed by atoms with van der Waals surface area (Å²) in [6, 6.07) is 12.2. The molecular weight excluding hydrogens is 388 g/mol. The third-order valence-corrected chi connectivity index (χ3v) is 7.68. The number of sulfonamides is 1. The fourth-order valence-electron chi connectivity index (χ4n) is 2.24. The number of amides is 1. The zero-order valence-corrected chi connectivity index (χ0v) is 15.8. The first-order valence-electron chi connectivity index (χ1n) is 7.05. The third kappa shape index (κ3) is 3.37. The van der Waals surface area contributed by atoms with Crippen molar-refractivity contribution in [2.24, 2.45) is 4.40 Å². The van der Waals surface area contributed by atoms with Crippen molar-refractivity contribution in [3.05, 3.63) is 52.4 Å². The topological polar surface area (TPSA) is 66.8 Å². The third-order valence-electron chi connectivity index (χ3n) is 3.36. The molecule has 1 aliphatic rings. The van der Waals surface area contributed by atoms with Crippen LogP contribution in [0.1, 0.15) is 17.7 Å². The Labute approximate surface area is 153 Å². The molecule has 1 saturated heterocycles. The highest BCUT2D eigenvalue weighted by Crippen LogP contribution is 2.40. The van der Waals surface area contributed by atoms with Gasteiger partial charge in [0.15, 0.2) is 5.17 Å². The van der Waals surface area contributed by atoms with Crippen LogP contribution in [0, 0.1) is 0 Å². The van der Waals surface area contributed by atoms with Crippen LogP contribution in [0.2, 0.25) is 4.34 Å². The summed E-state index contributed by atoms with van der Waals surface area (Å²) in [5.74, 6) is -0.160. The van der Waals surface area contributed by atoms with E-state index in [-0.39, 0.29) is 15.3 Å². The standard InChI is InChI=1S/C15H13ClN2O3S3/c1-2-18-14(19)13(10-6-4-3-5-7-10)23-15(18)17-24(20,21)12-9-8-11(16)22-12/h3-9,13H,2H2,1H3/b17-15+. The number of halogens is 1. The van der Waals surface area contributed by atoms with E-state index in [1.54, 1.807) is 6.92 Å². The molecule has 3 rings (SSSR count). The van der Waals surface area contributed by atoms with E-state index in [9.17, 15) is 13.2 Å². The van der Waals surface area contributed by atoms with Gasteiger partial charge in [-0.1, -0.05) is 53.7 Å². The van der Waals surface area contributed by atoms with E-state index in [0.29, 0.717) is 10.9 Å². The van der Waals surface area contributed by atoms with Gasteiger partial charge in [0.05, 0.1) is 4.34 Å². The molecule has 1 atom stereocenters. The number of likely N-dealkylation sites (N-methyl/N-ethyl adjacent to an activating group) is 1. The number of amidine groups is 1. The first-order valence-corrected chi connectivity index (χ1v) is 10.6. The zero-order valence-electron chi connectivity index (χ0n) is 12.5. The second kappa shape index (κ2) is 6.87. The second-order valence-electron chi connectivity index (χ2n) is 4.90. The number of carbonyl (C=O) groups is 1. The van der Waals surface area contributed by atoms with Crippen molar-refractivity contribution in [2.75, 3.05) is 6.54 Å². The molecule has 2 heterocycles. The van der Waals surface area contributed by atoms with Crippen molar-refractivity contribution < 1.29 is 13.2 Å². The Morgan fingerprint density at radius 2 is 1.92 bits per heavy atom. The molecule has 0 aliphatic carbocycles. The lowest BCUT2D eigenvalue weighted by molar-refractivity contribution is -0.126. The smallest absolute Gasteiger partial charge is 0.290 e. The van der Waals surface area contributed by atoms with Crippen LogP contribution in [0.25, 0.3) is 0 Å². The van der Waals surface area contributed by atoms with Crippen LogP contribution >= 0.6 is 34.7 Å². The van der Waals surface area contributed by atoms with Crippen molar-refractivity contribution in [3.8, 4) is 0 Å². The summed E-state index contributed by atoms with van der Waals surface area (Å²) in [4.78, 5) is 14.0. The second-order valence-corrected chi connectivity index (χ2v) is 9.52. The normalized spacial score (nSPS) is 20.1. The van der Waals surface area contributed by atoms with E-state index in [4.69, 9.17) is 11.6 Å². The minimum absolute atomic E-state index is 0.0623. The van der Waals surface area contributed by atoms with Crippen molar-refractivity contribution in [3.63, 3.8) is 0 Å². The number of thiophene rings is 1. The van der Waals surface area contributed by atoms with E-state index in [2.05, 4.69) is 4.40 Å². The van der Waals surface area contributed by atoms with Crippen molar-refractivity contribution >= 4 is 55.8 Å². The van der Waals surface area contributed by atoms with Crippen LogP contribution in [-0.4, -0.2) is 30.9 Å². The highest BCUT2D eigenvalue weighted by molar-refractivity contribution is 8.15. The molecule has 5 nitrogen and oxygen atoms in total. The first-order chi connectivity index (χ1) is 11.4. The Kier molecular flexibility index (Phi) is 5.00. The quantitative estimate of drug-likeness (QED) is 0.783. The molecule has 2 aromatic rings. The van der Waals surface area contributed by atoms with Crippen LogP contribution in [-0.2, 0) is 14.8 Å². The molecule has 1 fully saturated rings. The summed E-state index contributed by atoms with van der Waals surface area (Å²) in [7, 11) is -3.89. The lowest BCUT2D eigenvalue weighted by Gasteiger charge is -2.13. The summed E-state index contributed by atoms with van der Waals surface area (Å²) in [5, 5.41) is -0.284. The van der Waals surface area contributed by atoms with E-state index in [1.807, 2.05) is 30.3 Å². The van der Waals surface area contributed by atoms with Crippen LogP contribution < -0.4 is 0 Å². The van der Waals surface area contributed by atoms with Crippen molar-refractivity contribution in [1.29, 1.82) is 0 Å². The molecule has 0 bridgehead atoms. The predicted octanol–water partition coefficient (Wildman–Crippen LogP) is 3.78. The average Bonchev–Trinajstić information content (AvgIpc) is 3.12. The van der Waals surface area contributed by atoms with Gasteiger partial charge < -0.3 is 0 Å². The summed E-state index contributed by atoms with van der Waals surface area (Å²) < 4.78 is 29.2.